The Labute approximate surface area is 105 Å². The molecule has 96 valence electrons. The molecule has 1 N–H and O–H groups in total. The summed E-state index contributed by atoms with van der Waals surface area (Å²) in [6, 6.07) is 5.54. The molecule has 1 unspecified atom stereocenters. The SMILES string of the molecule is CCOC(C(=O)O)N1Cc2ccc(C)cc2C1=O. The molecule has 1 aromatic rings. The predicted octanol–water partition coefficient (Wildman–Crippen LogP) is 1.40. The van der Waals surface area contributed by atoms with Crippen LogP contribution < -0.4 is 0 Å². The molecule has 18 heavy (non-hydrogen) atoms. The summed E-state index contributed by atoms with van der Waals surface area (Å²) < 4.78 is 5.12. The highest BCUT2D eigenvalue weighted by Crippen LogP contribution is 2.26. The maximum absolute atomic E-state index is 12.2. The molecule has 0 spiro atoms. The molecule has 1 aromatic carbocycles. The van der Waals surface area contributed by atoms with Crippen molar-refractivity contribution in [1.29, 1.82) is 0 Å². The fourth-order valence-corrected chi connectivity index (χ4v) is 2.08. The van der Waals surface area contributed by atoms with Gasteiger partial charge >= 0.3 is 5.97 Å². The zero-order chi connectivity index (χ0) is 13.3. The number of ether oxygens (including phenoxy) is 1. The number of nitrogens with zero attached hydrogens (tertiary/aromatic N) is 1. The van der Waals surface area contributed by atoms with Crippen molar-refractivity contribution in [2.75, 3.05) is 6.61 Å². The Morgan fingerprint density at radius 2 is 2.28 bits per heavy atom. The van der Waals surface area contributed by atoms with Crippen molar-refractivity contribution in [3.63, 3.8) is 0 Å². The van der Waals surface area contributed by atoms with Crippen molar-refractivity contribution >= 4 is 11.9 Å². The number of aryl methyl sites for hydroxylation is 1. The van der Waals surface area contributed by atoms with Gasteiger partial charge < -0.3 is 9.84 Å². The van der Waals surface area contributed by atoms with Gasteiger partial charge in [-0.1, -0.05) is 17.7 Å². The summed E-state index contributed by atoms with van der Waals surface area (Å²) in [5.41, 5.74) is 2.39. The van der Waals surface area contributed by atoms with Gasteiger partial charge in [0.25, 0.3) is 5.91 Å². The van der Waals surface area contributed by atoms with Gasteiger partial charge in [0.05, 0.1) is 0 Å². The molecule has 0 saturated carbocycles. The summed E-state index contributed by atoms with van der Waals surface area (Å²) in [6.45, 7) is 4.13. The molecule has 1 amide bonds. The van der Waals surface area contributed by atoms with Crippen LogP contribution in [-0.2, 0) is 16.1 Å². The van der Waals surface area contributed by atoms with Crippen LogP contribution in [-0.4, -0.2) is 34.7 Å². The van der Waals surface area contributed by atoms with Crippen LogP contribution >= 0.6 is 0 Å². The van der Waals surface area contributed by atoms with E-state index in [0.717, 1.165) is 11.1 Å². The third-order valence-electron chi connectivity index (χ3n) is 2.92. The number of carbonyl (C=O) groups is 2. The lowest BCUT2D eigenvalue weighted by Gasteiger charge is -2.23. The van der Waals surface area contributed by atoms with Crippen molar-refractivity contribution in [2.24, 2.45) is 0 Å². The van der Waals surface area contributed by atoms with Crippen molar-refractivity contribution in [3.8, 4) is 0 Å². The van der Waals surface area contributed by atoms with Gasteiger partial charge in [0.15, 0.2) is 0 Å². The monoisotopic (exact) mass is 249 g/mol. The molecule has 0 fully saturated rings. The summed E-state index contributed by atoms with van der Waals surface area (Å²) in [6.07, 6.45) is -1.21. The summed E-state index contributed by atoms with van der Waals surface area (Å²) in [5, 5.41) is 9.10. The van der Waals surface area contributed by atoms with Gasteiger partial charge in [-0.15, -0.1) is 0 Å². The number of hydrogen-bond acceptors (Lipinski definition) is 3. The largest absolute Gasteiger partial charge is 0.478 e. The Kier molecular flexibility index (Phi) is 3.34. The second-order valence-electron chi connectivity index (χ2n) is 4.24. The molecular weight excluding hydrogens is 234 g/mol. The van der Waals surface area contributed by atoms with E-state index in [4.69, 9.17) is 9.84 Å². The molecule has 1 atom stereocenters. The van der Waals surface area contributed by atoms with E-state index in [1.54, 1.807) is 13.0 Å². The first kappa shape index (κ1) is 12.6. The van der Waals surface area contributed by atoms with E-state index < -0.39 is 12.2 Å². The van der Waals surface area contributed by atoms with Crippen LogP contribution in [0.5, 0.6) is 0 Å². The van der Waals surface area contributed by atoms with Crippen LogP contribution in [0.3, 0.4) is 0 Å². The van der Waals surface area contributed by atoms with Crippen LogP contribution in [0.15, 0.2) is 18.2 Å². The first-order valence-electron chi connectivity index (χ1n) is 5.79. The topological polar surface area (TPSA) is 66.8 Å². The summed E-state index contributed by atoms with van der Waals surface area (Å²) in [4.78, 5) is 24.5. The minimum Gasteiger partial charge on any atom is -0.478 e. The molecule has 0 radical (unpaired) electrons. The van der Waals surface area contributed by atoms with Gasteiger partial charge in [0, 0.05) is 18.7 Å². The first-order chi connectivity index (χ1) is 8.54. The Morgan fingerprint density at radius 3 is 2.89 bits per heavy atom. The number of amides is 1. The number of rotatable bonds is 4. The number of carboxylic acid groups (broad SMARTS) is 1. The third kappa shape index (κ3) is 2.09. The predicted molar refractivity (Wildman–Crippen MR) is 64.1 cm³/mol. The van der Waals surface area contributed by atoms with E-state index in [2.05, 4.69) is 0 Å². The lowest BCUT2D eigenvalue weighted by molar-refractivity contribution is -0.161. The van der Waals surface area contributed by atoms with E-state index in [9.17, 15) is 9.59 Å². The van der Waals surface area contributed by atoms with Crippen LogP contribution in [0, 0.1) is 6.92 Å². The highest BCUT2D eigenvalue weighted by atomic mass is 16.5. The Hall–Kier alpha value is -1.88. The van der Waals surface area contributed by atoms with Gasteiger partial charge in [0.2, 0.25) is 6.23 Å². The summed E-state index contributed by atoms with van der Waals surface area (Å²) >= 11 is 0. The minimum atomic E-state index is -1.21. The molecule has 0 bridgehead atoms. The summed E-state index contributed by atoms with van der Waals surface area (Å²) in [7, 11) is 0. The molecular formula is C13H15NO4. The highest BCUT2D eigenvalue weighted by Gasteiger charge is 2.36. The molecule has 5 heteroatoms. The van der Waals surface area contributed by atoms with E-state index in [1.165, 1.54) is 4.90 Å². The van der Waals surface area contributed by atoms with Gasteiger partial charge in [-0.05, 0) is 25.5 Å². The quantitative estimate of drug-likeness (QED) is 0.875. The molecule has 0 saturated heterocycles. The van der Waals surface area contributed by atoms with Crippen molar-refractivity contribution in [3.05, 3.63) is 34.9 Å². The third-order valence-corrected chi connectivity index (χ3v) is 2.92. The van der Waals surface area contributed by atoms with Crippen molar-refractivity contribution in [1.82, 2.24) is 4.90 Å². The lowest BCUT2D eigenvalue weighted by atomic mass is 10.1. The molecule has 1 heterocycles. The van der Waals surface area contributed by atoms with Crippen LogP contribution in [0.25, 0.3) is 0 Å². The smallest absolute Gasteiger partial charge is 0.354 e. The second-order valence-corrected chi connectivity index (χ2v) is 4.24. The van der Waals surface area contributed by atoms with Gasteiger partial charge in [-0.3, -0.25) is 9.69 Å². The van der Waals surface area contributed by atoms with Crippen molar-refractivity contribution in [2.45, 2.75) is 26.6 Å². The Balaban J connectivity index is 2.30. The van der Waals surface area contributed by atoms with Crippen LogP contribution in [0.4, 0.5) is 0 Å². The van der Waals surface area contributed by atoms with Crippen molar-refractivity contribution < 1.29 is 19.4 Å². The van der Waals surface area contributed by atoms with Gasteiger partial charge in [-0.2, -0.15) is 0 Å². The molecule has 1 aliphatic rings. The Morgan fingerprint density at radius 1 is 1.56 bits per heavy atom. The van der Waals surface area contributed by atoms with E-state index in [1.807, 2.05) is 19.1 Å². The minimum absolute atomic E-state index is 0.246. The maximum Gasteiger partial charge on any atom is 0.354 e. The van der Waals surface area contributed by atoms with Crippen LogP contribution in [0.1, 0.15) is 28.4 Å². The fraction of sp³-hybridized carbons (Fsp3) is 0.385. The lowest BCUT2D eigenvalue weighted by Crippen LogP contribution is -2.43. The number of aliphatic carboxylic acids is 1. The number of benzene rings is 1. The average molecular weight is 249 g/mol. The van der Waals surface area contributed by atoms with Gasteiger partial charge in [0.1, 0.15) is 0 Å². The molecule has 2 rings (SSSR count). The maximum atomic E-state index is 12.2. The zero-order valence-electron chi connectivity index (χ0n) is 10.3. The van der Waals surface area contributed by atoms with E-state index >= 15 is 0 Å². The van der Waals surface area contributed by atoms with Crippen LogP contribution in [0.2, 0.25) is 0 Å². The number of hydrogen-bond donors (Lipinski definition) is 1. The number of carbonyl (C=O) groups excluding carboxylic acids is 1. The average Bonchev–Trinajstić information content (AvgIpc) is 2.63. The molecule has 5 nitrogen and oxygen atoms in total. The van der Waals surface area contributed by atoms with E-state index in [0.29, 0.717) is 5.56 Å². The normalized spacial score (nSPS) is 15.7. The van der Waals surface area contributed by atoms with E-state index in [-0.39, 0.29) is 19.1 Å². The number of fused-ring (bicyclic) bond motifs is 1. The Bertz CT molecular complexity index is 498. The second kappa shape index (κ2) is 4.78. The molecule has 0 aromatic heterocycles. The first-order valence-corrected chi connectivity index (χ1v) is 5.79. The fourth-order valence-electron chi connectivity index (χ4n) is 2.08. The highest BCUT2D eigenvalue weighted by molar-refractivity contribution is 6.00. The zero-order valence-corrected chi connectivity index (χ0v) is 10.3. The molecule has 0 aliphatic carbocycles. The molecule has 1 aliphatic heterocycles. The van der Waals surface area contributed by atoms with Gasteiger partial charge in [-0.25, -0.2) is 4.79 Å². The summed E-state index contributed by atoms with van der Waals surface area (Å²) in [5.74, 6) is -1.43. The standard InChI is InChI=1S/C13H15NO4/c1-3-18-12(13(16)17)14-7-9-5-4-8(2)6-10(9)11(14)15/h4-6,12H,3,7H2,1-2H3,(H,16,17). The number of carboxylic acids is 1.